The molecule has 0 bridgehead atoms. The third-order valence-electron chi connectivity index (χ3n) is 3.24. The van der Waals surface area contributed by atoms with Crippen LogP contribution in [0.2, 0.25) is 0 Å². The molecule has 5 heteroatoms. The van der Waals surface area contributed by atoms with Crippen LogP contribution in [0.1, 0.15) is 5.56 Å². The highest BCUT2D eigenvalue weighted by Crippen LogP contribution is 2.28. The van der Waals surface area contributed by atoms with Crippen LogP contribution in [-0.4, -0.2) is 16.7 Å². The van der Waals surface area contributed by atoms with Crippen LogP contribution in [0.25, 0.3) is 16.7 Å². The lowest BCUT2D eigenvalue weighted by molar-refractivity contribution is 0.413. The number of aromatic amines is 1. The Morgan fingerprint density at radius 2 is 2.05 bits per heavy atom. The zero-order valence-corrected chi connectivity index (χ0v) is 11.9. The molecule has 0 spiro atoms. The molecule has 0 aliphatic carbocycles. The molecule has 0 aliphatic rings. The number of imidazole rings is 1. The van der Waals surface area contributed by atoms with Crippen molar-refractivity contribution in [3.63, 3.8) is 0 Å². The van der Waals surface area contributed by atoms with Crippen LogP contribution in [0.3, 0.4) is 0 Å². The smallest absolute Gasteiger partial charge is 0.182 e. The first-order valence-corrected chi connectivity index (χ1v) is 6.57. The summed E-state index contributed by atoms with van der Waals surface area (Å²) >= 11 is 5.33. The number of ether oxygens (including phenoxy) is 1. The SMILES string of the molecule is COc1ccc(C)cc1-n1c(=S)[nH]c2c(F)cccc21. The second-order valence-electron chi connectivity index (χ2n) is 4.57. The Kier molecular flexibility index (Phi) is 3.06. The fourth-order valence-electron chi connectivity index (χ4n) is 2.31. The Bertz CT molecular complexity index is 851. The van der Waals surface area contributed by atoms with E-state index in [9.17, 15) is 4.39 Å². The van der Waals surface area contributed by atoms with Gasteiger partial charge in [0.2, 0.25) is 0 Å². The number of aryl methyl sites for hydroxylation is 1. The topological polar surface area (TPSA) is 29.9 Å². The van der Waals surface area contributed by atoms with Gasteiger partial charge in [0, 0.05) is 0 Å². The van der Waals surface area contributed by atoms with E-state index in [0.717, 1.165) is 11.3 Å². The Hall–Kier alpha value is -2.14. The molecule has 2 aromatic carbocycles. The summed E-state index contributed by atoms with van der Waals surface area (Å²) in [6, 6.07) is 10.7. The molecule has 102 valence electrons. The summed E-state index contributed by atoms with van der Waals surface area (Å²) in [5.41, 5.74) is 2.97. The molecule has 0 amide bonds. The van der Waals surface area contributed by atoms with Crippen molar-refractivity contribution in [3.05, 3.63) is 52.5 Å². The van der Waals surface area contributed by atoms with Crippen molar-refractivity contribution < 1.29 is 9.13 Å². The summed E-state index contributed by atoms with van der Waals surface area (Å²) < 4.78 is 21.4. The summed E-state index contributed by atoms with van der Waals surface area (Å²) in [6.07, 6.45) is 0. The van der Waals surface area contributed by atoms with Gasteiger partial charge in [-0.15, -0.1) is 0 Å². The number of nitrogens with zero attached hydrogens (tertiary/aromatic N) is 1. The molecule has 1 N–H and O–H groups in total. The summed E-state index contributed by atoms with van der Waals surface area (Å²) in [6.45, 7) is 1.99. The summed E-state index contributed by atoms with van der Waals surface area (Å²) in [5.74, 6) is 0.371. The maximum Gasteiger partial charge on any atom is 0.182 e. The van der Waals surface area contributed by atoms with Crippen LogP contribution in [0.5, 0.6) is 5.75 Å². The van der Waals surface area contributed by atoms with E-state index < -0.39 is 0 Å². The van der Waals surface area contributed by atoms with Crippen LogP contribution in [0.15, 0.2) is 36.4 Å². The van der Waals surface area contributed by atoms with E-state index in [4.69, 9.17) is 17.0 Å². The molecule has 1 aromatic heterocycles. The standard InChI is InChI=1S/C15H13FN2OS/c1-9-6-7-13(19-2)12(8-9)18-11-5-3-4-10(16)14(11)17-15(18)20/h3-8H,1-2H3,(H,17,20). The number of hydrogen-bond donors (Lipinski definition) is 1. The number of aromatic nitrogens is 2. The molecule has 0 fully saturated rings. The van der Waals surface area contributed by atoms with Gasteiger partial charge in [0.15, 0.2) is 4.77 Å². The maximum atomic E-state index is 13.8. The van der Waals surface area contributed by atoms with E-state index in [-0.39, 0.29) is 5.82 Å². The van der Waals surface area contributed by atoms with Gasteiger partial charge in [0.05, 0.1) is 18.3 Å². The van der Waals surface area contributed by atoms with Gasteiger partial charge in [-0.3, -0.25) is 4.57 Å². The van der Waals surface area contributed by atoms with Crippen molar-refractivity contribution in [1.29, 1.82) is 0 Å². The molecule has 0 saturated heterocycles. The molecule has 0 radical (unpaired) electrons. The Balaban J connectivity index is 2.41. The lowest BCUT2D eigenvalue weighted by Crippen LogP contribution is -1.98. The number of fused-ring (bicyclic) bond motifs is 1. The van der Waals surface area contributed by atoms with E-state index in [1.54, 1.807) is 17.7 Å². The molecule has 3 aromatic rings. The van der Waals surface area contributed by atoms with Crippen LogP contribution < -0.4 is 4.74 Å². The molecule has 20 heavy (non-hydrogen) atoms. The summed E-state index contributed by atoms with van der Waals surface area (Å²) in [5, 5.41) is 0. The molecule has 0 saturated carbocycles. The average molecular weight is 288 g/mol. The van der Waals surface area contributed by atoms with Crippen LogP contribution >= 0.6 is 12.2 Å². The minimum Gasteiger partial charge on any atom is -0.495 e. The van der Waals surface area contributed by atoms with Gasteiger partial charge in [0.25, 0.3) is 0 Å². The molecule has 3 nitrogen and oxygen atoms in total. The molecule has 0 aliphatic heterocycles. The number of halogens is 1. The third-order valence-corrected chi connectivity index (χ3v) is 3.53. The highest BCUT2D eigenvalue weighted by atomic mass is 32.1. The number of hydrogen-bond acceptors (Lipinski definition) is 2. The minimum atomic E-state index is -0.320. The first-order chi connectivity index (χ1) is 9.61. The van der Waals surface area contributed by atoms with Crippen LogP contribution in [0, 0.1) is 17.5 Å². The molecule has 3 rings (SSSR count). The molecule has 0 unspecified atom stereocenters. The van der Waals surface area contributed by atoms with Crippen LogP contribution in [-0.2, 0) is 0 Å². The van der Waals surface area contributed by atoms with Crippen LogP contribution in [0.4, 0.5) is 4.39 Å². The van der Waals surface area contributed by atoms with E-state index in [1.807, 2.05) is 31.2 Å². The Labute approximate surface area is 120 Å². The molecular formula is C15H13FN2OS. The van der Waals surface area contributed by atoms with E-state index in [1.165, 1.54) is 6.07 Å². The normalized spacial score (nSPS) is 10.9. The van der Waals surface area contributed by atoms with Crippen molar-refractivity contribution in [2.24, 2.45) is 0 Å². The number of para-hydroxylation sites is 1. The van der Waals surface area contributed by atoms with Crippen molar-refractivity contribution in [3.8, 4) is 11.4 Å². The lowest BCUT2D eigenvalue weighted by Gasteiger charge is -2.11. The Morgan fingerprint density at radius 1 is 1.25 bits per heavy atom. The van der Waals surface area contributed by atoms with E-state index in [0.29, 0.717) is 21.6 Å². The zero-order chi connectivity index (χ0) is 14.3. The minimum absolute atomic E-state index is 0.320. The van der Waals surface area contributed by atoms with Gasteiger partial charge >= 0.3 is 0 Å². The molecule has 1 heterocycles. The fraction of sp³-hybridized carbons (Fsp3) is 0.133. The summed E-state index contributed by atoms with van der Waals surface area (Å²) in [4.78, 5) is 2.91. The second kappa shape index (κ2) is 4.76. The number of methoxy groups -OCH3 is 1. The number of benzene rings is 2. The quantitative estimate of drug-likeness (QED) is 0.718. The zero-order valence-electron chi connectivity index (χ0n) is 11.1. The van der Waals surface area contributed by atoms with E-state index in [2.05, 4.69) is 4.98 Å². The molecular weight excluding hydrogens is 275 g/mol. The largest absolute Gasteiger partial charge is 0.495 e. The van der Waals surface area contributed by atoms with E-state index >= 15 is 0 Å². The predicted octanol–water partition coefficient (Wildman–Crippen LogP) is 4.14. The predicted molar refractivity (Wildman–Crippen MR) is 79.7 cm³/mol. The van der Waals surface area contributed by atoms with Crippen molar-refractivity contribution in [2.45, 2.75) is 6.92 Å². The fourth-order valence-corrected chi connectivity index (χ4v) is 2.61. The summed E-state index contributed by atoms with van der Waals surface area (Å²) in [7, 11) is 1.60. The third kappa shape index (κ3) is 1.91. The maximum absolute atomic E-state index is 13.8. The number of nitrogens with one attached hydrogen (secondary N) is 1. The highest BCUT2D eigenvalue weighted by molar-refractivity contribution is 7.71. The van der Waals surface area contributed by atoms with Crippen molar-refractivity contribution in [2.75, 3.05) is 7.11 Å². The van der Waals surface area contributed by atoms with Crippen molar-refractivity contribution in [1.82, 2.24) is 9.55 Å². The lowest BCUT2D eigenvalue weighted by atomic mass is 10.2. The number of rotatable bonds is 2. The van der Waals surface area contributed by atoms with Gasteiger partial charge in [0.1, 0.15) is 17.1 Å². The monoisotopic (exact) mass is 288 g/mol. The first-order valence-electron chi connectivity index (χ1n) is 6.16. The average Bonchev–Trinajstić information content (AvgIpc) is 2.76. The second-order valence-corrected chi connectivity index (χ2v) is 4.96. The van der Waals surface area contributed by atoms with Gasteiger partial charge in [-0.05, 0) is 49.0 Å². The highest BCUT2D eigenvalue weighted by Gasteiger charge is 2.13. The van der Waals surface area contributed by atoms with Gasteiger partial charge in [-0.1, -0.05) is 12.1 Å². The Morgan fingerprint density at radius 3 is 2.80 bits per heavy atom. The van der Waals surface area contributed by atoms with Gasteiger partial charge < -0.3 is 9.72 Å². The molecule has 0 atom stereocenters. The van der Waals surface area contributed by atoms with Gasteiger partial charge in [-0.2, -0.15) is 0 Å². The van der Waals surface area contributed by atoms with Crippen molar-refractivity contribution >= 4 is 23.3 Å². The number of H-pyrrole nitrogens is 1. The first kappa shape index (κ1) is 12.9. The van der Waals surface area contributed by atoms with Gasteiger partial charge in [-0.25, -0.2) is 4.39 Å².